The molecule has 0 atom stereocenters. The minimum Gasteiger partial charge on any atom is -0.0988 e. The molecule has 0 aromatic carbocycles. The maximum atomic E-state index is 3.96. The normalized spacial score (nSPS) is 28.2. The first-order valence-electron chi connectivity index (χ1n) is 8.12. The molecule has 114 valence electrons. The van der Waals surface area contributed by atoms with Gasteiger partial charge in [-0.3, -0.25) is 0 Å². The van der Waals surface area contributed by atoms with Crippen molar-refractivity contribution in [3.8, 4) is 0 Å². The predicted molar refractivity (Wildman–Crippen MR) is 94.2 cm³/mol. The van der Waals surface area contributed by atoms with Gasteiger partial charge in [-0.05, 0) is 60.2 Å². The van der Waals surface area contributed by atoms with Crippen LogP contribution in [-0.2, 0) is 0 Å². The first kappa shape index (κ1) is 16.1. The summed E-state index contributed by atoms with van der Waals surface area (Å²) in [7, 11) is 0. The number of hydrogen-bond acceptors (Lipinski definition) is 0. The van der Waals surface area contributed by atoms with Gasteiger partial charge in [0.05, 0.1) is 0 Å². The molecule has 0 fully saturated rings. The zero-order valence-corrected chi connectivity index (χ0v) is 14.4. The zero-order chi connectivity index (χ0) is 15.7. The molecule has 0 bridgehead atoms. The lowest BCUT2D eigenvalue weighted by Crippen LogP contribution is -2.18. The molecule has 0 spiro atoms. The molecule has 0 radical (unpaired) electrons. The molecular weight excluding hydrogens is 252 g/mol. The van der Waals surface area contributed by atoms with Gasteiger partial charge in [0.15, 0.2) is 0 Å². The van der Waals surface area contributed by atoms with Gasteiger partial charge < -0.3 is 0 Å². The van der Waals surface area contributed by atoms with Crippen LogP contribution in [0.1, 0.15) is 60.3 Å². The Kier molecular flexibility index (Phi) is 4.46. The quantitative estimate of drug-likeness (QED) is 0.539. The highest BCUT2D eigenvalue weighted by molar-refractivity contribution is 5.42. The summed E-state index contributed by atoms with van der Waals surface area (Å²) in [6.45, 7) is 15.6. The van der Waals surface area contributed by atoms with E-state index in [0.717, 1.165) is 12.8 Å². The Morgan fingerprint density at radius 2 is 1.38 bits per heavy atom. The Labute approximate surface area is 131 Å². The van der Waals surface area contributed by atoms with Crippen LogP contribution in [0.3, 0.4) is 0 Å². The van der Waals surface area contributed by atoms with Gasteiger partial charge in [0.2, 0.25) is 0 Å². The van der Waals surface area contributed by atoms with Crippen molar-refractivity contribution in [3.05, 3.63) is 59.3 Å². The van der Waals surface area contributed by atoms with Crippen LogP contribution < -0.4 is 0 Å². The van der Waals surface area contributed by atoms with Crippen LogP contribution >= 0.6 is 0 Å². The van der Waals surface area contributed by atoms with Crippen molar-refractivity contribution in [1.82, 2.24) is 0 Å². The van der Waals surface area contributed by atoms with Crippen LogP contribution in [0.25, 0.3) is 0 Å². The van der Waals surface area contributed by atoms with Crippen molar-refractivity contribution in [2.75, 3.05) is 0 Å². The maximum Gasteiger partial charge on any atom is -0.0224 e. The molecule has 0 unspecified atom stereocenters. The van der Waals surface area contributed by atoms with Gasteiger partial charge in [-0.2, -0.15) is 0 Å². The fraction of sp³-hybridized carbons (Fsp3) is 0.524. The van der Waals surface area contributed by atoms with Crippen molar-refractivity contribution >= 4 is 0 Å². The third kappa shape index (κ3) is 4.33. The molecule has 0 heterocycles. The van der Waals surface area contributed by atoms with E-state index in [1.807, 2.05) is 6.08 Å². The van der Waals surface area contributed by atoms with Crippen LogP contribution in [0.2, 0.25) is 0 Å². The van der Waals surface area contributed by atoms with E-state index < -0.39 is 0 Å². The molecule has 0 amide bonds. The topological polar surface area (TPSA) is 0 Å². The fourth-order valence-electron chi connectivity index (χ4n) is 3.76. The minimum absolute atomic E-state index is 0.346. The van der Waals surface area contributed by atoms with E-state index in [0.29, 0.717) is 10.8 Å². The van der Waals surface area contributed by atoms with E-state index >= 15 is 0 Å². The lowest BCUT2D eigenvalue weighted by molar-refractivity contribution is 0.350. The van der Waals surface area contributed by atoms with Crippen molar-refractivity contribution in [2.45, 2.75) is 60.3 Å². The molecule has 2 rings (SSSR count). The van der Waals surface area contributed by atoms with Gasteiger partial charge >= 0.3 is 0 Å². The van der Waals surface area contributed by atoms with Crippen LogP contribution in [0, 0.1) is 10.8 Å². The molecule has 0 saturated heterocycles. The summed E-state index contributed by atoms with van der Waals surface area (Å²) in [5, 5.41) is 0. The molecule has 0 aromatic heterocycles. The van der Waals surface area contributed by atoms with Gasteiger partial charge in [-0.25, -0.2) is 0 Å². The first-order valence-corrected chi connectivity index (χ1v) is 8.12. The van der Waals surface area contributed by atoms with Crippen molar-refractivity contribution in [2.24, 2.45) is 10.8 Å². The minimum atomic E-state index is 0.346. The molecule has 2 aliphatic rings. The molecule has 0 nitrogen and oxygen atoms in total. The Balaban J connectivity index is 2.34. The third-order valence-electron chi connectivity index (χ3n) is 4.48. The van der Waals surface area contributed by atoms with Gasteiger partial charge in [-0.1, -0.05) is 70.2 Å². The monoisotopic (exact) mass is 282 g/mol. The van der Waals surface area contributed by atoms with Crippen molar-refractivity contribution in [3.63, 3.8) is 0 Å². The van der Waals surface area contributed by atoms with Gasteiger partial charge in [0.25, 0.3) is 0 Å². The fourth-order valence-corrected chi connectivity index (χ4v) is 3.76. The summed E-state index contributed by atoms with van der Waals surface area (Å²) in [6.07, 6.45) is 16.1. The van der Waals surface area contributed by atoms with E-state index in [9.17, 15) is 0 Å². The molecule has 0 heteroatoms. The van der Waals surface area contributed by atoms with Gasteiger partial charge in [0, 0.05) is 0 Å². The van der Waals surface area contributed by atoms with E-state index in [2.05, 4.69) is 65.5 Å². The highest BCUT2D eigenvalue weighted by Gasteiger charge is 2.27. The number of allylic oxidation sites excluding steroid dienone is 9. The summed E-state index contributed by atoms with van der Waals surface area (Å²) in [4.78, 5) is 0. The van der Waals surface area contributed by atoms with Crippen molar-refractivity contribution in [1.29, 1.82) is 0 Å². The maximum absolute atomic E-state index is 3.96. The van der Waals surface area contributed by atoms with Gasteiger partial charge in [0.1, 0.15) is 0 Å². The van der Waals surface area contributed by atoms with E-state index in [-0.39, 0.29) is 0 Å². The van der Waals surface area contributed by atoms with Crippen LogP contribution in [0.5, 0.6) is 0 Å². The molecule has 0 aromatic rings. The van der Waals surface area contributed by atoms with Crippen LogP contribution in [0.15, 0.2) is 59.3 Å². The number of hydrogen-bond donors (Lipinski definition) is 0. The average Bonchev–Trinajstić information content (AvgIpc) is 2.34. The van der Waals surface area contributed by atoms with E-state index in [4.69, 9.17) is 0 Å². The summed E-state index contributed by atoms with van der Waals surface area (Å²) >= 11 is 0. The largest absolute Gasteiger partial charge is 0.0988 e. The Hall–Kier alpha value is -1.30. The highest BCUT2D eigenvalue weighted by Crippen LogP contribution is 2.42. The van der Waals surface area contributed by atoms with E-state index in [1.165, 1.54) is 35.1 Å². The first-order chi connectivity index (χ1) is 9.73. The van der Waals surface area contributed by atoms with Crippen LogP contribution in [-0.4, -0.2) is 0 Å². The molecule has 0 saturated carbocycles. The molecular formula is C21H30. The zero-order valence-electron chi connectivity index (χ0n) is 14.4. The SMILES string of the molecule is C=CC1=CC(=CC2=C/C(=C/C)CC(C)(C)C2)CC(C)(C)C1. The Bertz CT molecular complexity index is 545. The molecule has 0 aliphatic heterocycles. The smallest absolute Gasteiger partial charge is 0.0224 e. The highest BCUT2D eigenvalue weighted by atomic mass is 14.3. The molecule has 21 heavy (non-hydrogen) atoms. The Morgan fingerprint density at radius 3 is 1.95 bits per heavy atom. The second-order valence-corrected chi connectivity index (χ2v) is 8.26. The summed E-state index contributed by atoms with van der Waals surface area (Å²) in [5.41, 5.74) is 6.50. The summed E-state index contributed by atoms with van der Waals surface area (Å²) in [5.74, 6) is 0. The predicted octanol–water partition coefficient (Wildman–Crippen LogP) is 6.54. The average molecular weight is 282 g/mol. The molecule has 0 N–H and O–H groups in total. The Morgan fingerprint density at radius 1 is 0.857 bits per heavy atom. The lowest BCUT2D eigenvalue weighted by atomic mass is 9.72. The van der Waals surface area contributed by atoms with Gasteiger partial charge in [-0.15, -0.1) is 0 Å². The van der Waals surface area contributed by atoms with Crippen LogP contribution in [0.4, 0.5) is 0 Å². The second-order valence-electron chi connectivity index (χ2n) is 8.26. The third-order valence-corrected chi connectivity index (χ3v) is 4.48. The molecule has 2 aliphatic carbocycles. The number of rotatable bonds is 2. The van der Waals surface area contributed by atoms with Crippen molar-refractivity contribution < 1.29 is 0 Å². The summed E-state index contributed by atoms with van der Waals surface area (Å²) in [6, 6.07) is 0. The lowest BCUT2D eigenvalue weighted by Gasteiger charge is -2.33. The second kappa shape index (κ2) is 5.83. The van der Waals surface area contributed by atoms with E-state index in [1.54, 1.807) is 0 Å². The standard InChI is InChI=1S/C21H30/c1-7-16-9-18(14-20(3,4)12-16)11-19-10-17(8-2)13-21(5,6)15-19/h7-11H,1,12-15H2,2-6H3/b17-8-,18-11?. The summed E-state index contributed by atoms with van der Waals surface area (Å²) < 4.78 is 0.